The first-order valence-corrected chi connectivity index (χ1v) is 11.3. The zero-order chi connectivity index (χ0) is 23.4. The average Bonchev–Trinajstić information content (AvgIpc) is 3.34. The average molecular weight is 452 g/mol. The van der Waals surface area contributed by atoms with Crippen molar-refractivity contribution in [1.82, 2.24) is 14.5 Å². The molecule has 1 saturated heterocycles. The molecule has 1 atom stereocenters. The zero-order valence-electron chi connectivity index (χ0n) is 18.9. The van der Waals surface area contributed by atoms with E-state index in [2.05, 4.69) is 9.88 Å². The van der Waals surface area contributed by atoms with Gasteiger partial charge in [0.25, 0.3) is 5.56 Å². The monoisotopic (exact) mass is 451 g/mol. The number of aryl methyl sites for hydroxylation is 1. The van der Waals surface area contributed by atoms with Gasteiger partial charge in [0, 0.05) is 18.1 Å². The molecule has 0 radical (unpaired) electrons. The Bertz CT molecular complexity index is 1130. The molecular formula is C25H29N3O5. The highest BCUT2D eigenvalue weighted by atomic mass is 16.5. The van der Waals surface area contributed by atoms with Gasteiger partial charge in [-0.25, -0.2) is 0 Å². The summed E-state index contributed by atoms with van der Waals surface area (Å²) in [6.07, 6.45) is 6.20. The first kappa shape index (κ1) is 22.8. The van der Waals surface area contributed by atoms with Crippen LogP contribution in [-0.2, 0) is 16.1 Å². The van der Waals surface area contributed by atoms with Crippen molar-refractivity contribution in [2.75, 3.05) is 19.7 Å². The molecule has 0 aromatic carbocycles. The van der Waals surface area contributed by atoms with Gasteiger partial charge in [0.1, 0.15) is 11.5 Å². The van der Waals surface area contributed by atoms with Crippen molar-refractivity contribution < 1.29 is 19.1 Å². The Kier molecular flexibility index (Phi) is 6.93. The van der Waals surface area contributed by atoms with Crippen LogP contribution in [0.25, 0.3) is 0 Å². The molecule has 1 fully saturated rings. The van der Waals surface area contributed by atoms with Gasteiger partial charge in [0.05, 0.1) is 36.9 Å². The molecular weight excluding hydrogens is 422 g/mol. The number of aromatic hydroxyl groups is 1. The predicted molar refractivity (Wildman–Crippen MR) is 122 cm³/mol. The Morgan fingerprint density at radius 2 is 2.00 bits per heavy atom. The highest BCUT2D eigenvalue weighted by Gasteiger charge is 2.34. The number of furan rings is 1. The maximum atomic E-state index is 13.7. The second kappa shape index (κ2) is 10.0. The minimum atomic E-state index is -0.466. The lowest BCUT2D eigenvalue weighted by molar-refractivity contribution is -0.149. The van der Waals surface area contributed by atoms with Crippen LogP contribution >= 0.6 is 0 Å². The first-order chi connectivity index (χ1) is 16.0. The molecule has 1 N–H and O–H groups in total. The van der Waals surface area contributed by atoms with Crippen LogP contribution in [-0.4, -0.2) is 45.2 Å². The quantitative estimate of drug-likeness (QED) is 0.551. The molecule has 0 unspecified atom stereocenters. The number of esters is 1. The van der Waals surface area contributed by atoms with Crippen LogP contribution in [0.4, 0.5) is 0 Å². The van der Waals surface area contributed by atoms with Crippen molar-refractivity contribution >= 4 is 5.97 Å². The number of ether oxygens (including phenoxy) is 1. The summed E-state index contributed by atoms with van der Waals surface area (Å²) < 4.78 is 12.3. The van der Waals surface area contributed by atoms with E-state index in [1.165, 1.54) is 0 Å². The van der Waals surface area contributed by atoms with Gasteiger partial charge in [0.2, 0.25) is 0 Å². The summed E-state index contributed by atoms with van der Waals surface area (Å²) in [5.41, 5.74) is 1.55. The smallest absolute Gasteiger partial charge is 0.309 e. The Morgan fingerprint density at radius 3 is 2.64 bits per heavy atom. The lowest BCUT2D eigenvalue weighted by atomic mass is 9.91. The molecule has 8 nitrogen and oxygen atoms in total. The Hall–Kier alpha value is -3.39. The number of hydrogen-bond acceptors (Lipinski definition) is 7. The van der Waals surface area contributed by atoms with Crippen molar-refractivity contribution in [3.63, 3.8) is 0 Å². The number of nitrogens with zero attached hydrogens (tertiary/aromatic N) is 3. The lowest BCUT2D eigenvalue weighted by Crippen LogP contribution is -2.42. The van der Waals surface area contributed by atoms with Crippen LogP contribution in [0.2, 0.25) is 0 Å². The van der Waals surface area contributed by atoms with Gasteiger partial charge in [-0.15, -0.1) is 0 Å². The lowest BCUT2D eigenvalue weighted by Gasteiger charge is -2.37. The SMILES string of the molecule is CCOC(=O)C1CCN([C@@H](c2ccncc2)c2c(O)cc(C)n(Cc3ccco3)c2=O)CC1. The van der Waals surface area contributed by atoms with Gasteiger partial charge in [-0.2, -0.15) is 0 Å². The maximum Gasteiger partial charge on any atom is 0.309 e. The molecule has 3 aromatic rings. The van der Waals surface area contributed by atoms with Crippen molar-refractivity contribution in [3.8, 4) is 5.75 Å². The summed E-state index contributed by atoms with van der Waals surface area (Å²) in [4.78, 5) is 32.2. The molecule has 174 valence electrons. The number of pyridine rings is 2. The van der Waals surface area contributed by atoms with Gasteiger partial charge in [-0.1, -0.05) is 0 Å². The standard InChI is InChI=1S/C25H29N3O5/c1-3-32-25(31)19-8-12-27(13-9-19)23(18-6-10-26-11-7-18)22-21(29)15-17(2)28(24(22)30)16-20-5-4-14-33-20/h4-7,10-11,14-15,19,23,29H,3,8-9,12-13,16H2,1-2H3/t23-/m0/s1. The Balaban J connectivity index is 1.72. The second-order valence-electron chi connectivity index (χ2n) is 8.30. The molecule has 0 aliphatic carbocycles. The maximum absolute atomic E-state index is 13.7. The largest absolute Gasteiger partial charge is 0.507 e. The van der Waals surface area contributed by atoms with E-state index in [9.17, 15) is 14.7 Å². The third-order valence-electron chi connectivity index (χ3n) is 6.23. The summed E-state index contributed by atoms with van der Waals surface area (Å²) in [7, 11) is 0. The molecule has 4 rings (SSSR count). The van der Waals surface area contributed by atoms with Crippen LogP contribution in [0, 0.1) is 12.8 Å². The fraction of sp³-hybridized carbons (Fsp3) is 0.400. The van der Waals surface area contributed by atoms with Crippen molar-refractivity contribution in [2.45, 2.75) is 39.3 Å². The number of carbonyl (C=O) groups excluding carboxylic acids is 1. The van der Waals surface area contributed by atoms with E-state index in [4.69, 9.17) is 9.15 Å². The Labute approximate surface area is 192 Å². The number of carbonyl (C=O) groups is 1. The molecule has 0 spiro atoms. The van der Waals surface area contributed by atoms with Crippen molar-refractivity contribution in [2.24, 2.45) is 5.92 Å². The zero-order valence-corrected chi connectivity index (χ0v) is 18.9. The van der Waals surface area contributed by atoms with Crippen LogP contribution < -0.4 is 5.56 Å². The number of hydrogen-bond donors (Lipinski definition) is 1. The molecule has 0 saturated carbocycles. The van der Waals surface area contributed by atoms with Crippen molar-refractivity contribution in [3.05, 3.63) is 81.9 Å². The third kappa shape index (κ3) is 4.85. The number of piperidine rings is 1. The van der Waals surface area contributed by atoms with Crippen LogP contribution in [0.3, 0.4) is 0 Å². The van der Waals surface area contributed by atoms with E-state index in [-0.39, 0.29) is 29.7 Å². The molecule has 8 heteroatoms. The molecule has 3 aromatic heterocycles. The molecule has 4 heterocycles. The van der Waals surface area contributed by atoms with E-state index in [0.29, 0.717) is 49.6 Å². The molecule has 1 aliphatic rings. The van der Waals surface area contributed by atoms with Crippen LogP contribution in [0.1, 0.15) is 48.4 Å². The molecule has 0 bridgehead atoms. The summed E-state index contributed by atoms with van der Waals surface area (Å²) in [6.45, 7) is 5.44. The highest BCUT2D eigenvalue weighted by Crippen LogP contribution is 2.35. The fourth-order valence-electron chi connectivity index (χ4n) is 4.54. The first-order valence-electron chi connectivity index (χ1n) is 11.3. The molecule has 0 amide bonds. The van der Waals surface area contributed by atoms with E-state index >= 15 is 0 Å². The van der Waals surface area contributed by atoms with Crippen molar-refractivity contribution in [1.29, 1.82) is 0 Å². The molecule has 33 heavy (non-hydrogen) atoms. The third-order valence-corrected chi connectivity index (χ3v) is 6.23. The van der Waals surface area contributed by atoms with Crippen LogP contribution in [0.5, 0.6) is 5.75 Å². The van der Waals surface area contributed by atoms with Gasteiger partial charge in [0.15, 0.2) is 0 Å². The van der Waals surface area contributed by atoms with Gasteiger partial charge < -0.3 is 18.8 Å². The normalized spacial score (nSPS) is 15.9. The minimum absolute atomic E-state index is 0.0393. The summed E-state index contributed by atoms with van der Waals surface area (Å²) in [5, 5.41) is 10.9. The number of rotatable bonds is 7. The number of likely N-dealkylation sites (tertiary alicyclic amines) is 1. The van der Waals surface area contributed by atoms with E-state index in [1.807, 2.05) is 18.2 Å². The second-order valence-corrected chi connectivity index (χ2v) is 8.30. The summed E-state index contributed by atoms with van der Waals surface area (Å²) in [6, 6.07) is 8.48. The Morgan fingerprint density at radius 1 is 1.27 bits per heavy atom. The van der Waals surface area contributed by atoms with E-state index in [1.54, 1.807) is 49.2 Å². The summed E-state index contributed by atoms with van der Waals surface area (Å²) >= 11 is 0. The molecule has 1 aliphatic heterocycles. The van der Waals surface area contributed by atoms with E-state index in [0.717, 1.165) is 5.56 Å². The van der Waals surface area contributed by atoms with Gasteiger partial charge in [-0.3, -0.25) is 19.5 Å². The summed E-state index contributed by atoms with van der Waals surface area (Å²) in [5.74, 6) is 0.299. The van der Waals surface area contributed by atoms with Gasteiger partial charge in [-0.05, 0) is 75.7 Å². The minimum Gasteiger partial charge on any atom is -0.507 e. The van der Waals surface area contributed by atoms with E-state index < -0.39 is 6.04 Å². The number of aromatic nitrogens is 2. The topological polar surface area (TPSA) is 97.8 Å². The fourth-order valence-corrected chi connectivity index (χ4v) is 4.54. The van der Waals surface area contributed by atoms with Crippen LogP contribution in [0.15, 0.2) is 58.2 Å². The van der Waals surface area contributed by atoms with Gasteiger partial charge >= 0.3 is 5.97 Å². The highest BCUT2D eigenvalue weighted by molar-refractivity contribution is 5.72. The predicted octanol–water partition coefficient (Wildman–Crippen LogP) is 3.26.